The molecule has 6 heteroatoms. The molecule has 0 fully saturated rings. The molecule has 0 saturated heterocycles. The normalized spacial score (nSPS) is 12.5. The second kappa shape index (κ2) is 8.80. The SMILES string of the molecule is Cc1ccccc1N(Cc1ccc(C(=O)NC(C)(C)CC(C)(C)C)cc1)S(C)(=O)=O. The summed E-state index contributed by atoms with van der Waals surface area (Å²) in [5, 5.41) is 3.10. The quantitative estimate of drug-likeness (QED) is 0.679. The van der Waals surface area contributed by atoms with Crippen LogP contribution >= 0.6 is 0 Å². The van der Waals surface area contributed by atoms with Crippen LogP contribution in [0.1, 0.15) is 62.5 Å². The van der Waals surface area contributed by atoms with Gasteiger partial charge in [-0.2, -0.15) is 0 Å². The van der Waals surface area contributed by atoms with E-state index in [0.717, 1.165) is 17.5 Å². The van der Waals surface area contributed by atoms with Crippen molar-refractivity contribution in [3.05, 3.63) is 65.2 Å². The number of carbonyl (C=O) groups is 1. The first-order valence-electron chi connectivity index (χ1n) is 10.1. The van der Waals surface area contributed by atoms with Gasteiger partial charge in [-0.3, -0.25) is 9.10 Å². The molecule has 30 heavy (non-hydrogen) atoms. The van der Waals surface area contributed by atoms with Crippen molar-refractivity contribution in [1.29, 1.82) is 0 Å². The molecule has 164 valence electrons. The maximum atomic E-state index is 12.7. The Hall–Kier alpha value is -2.34. The van der Waals surface area contributed by atoms with Gasteiger partial charge in [0.1, 0.15) is 0 Å². The number of carbonyl (C=O) groups excluding carboxylic acids is 1. The summed E-state index contributed by atoms with van der Waals surface area (Å²) in [5.74, 6) is -0.130. The van der Waals surface area contributed by atoms with Crippen molar-refractivity contribution >= 4 is 21.6 Å². The zero-order valence-corrected chi connectivity index (χ0v) is 19.9. The summed E-state index contributed by atoms with van der Waals surface area (Å²) in [6, 6.07) is 14.5. The van der Waals surface area contributed by atoms with E-state index in [2.05, 4.69) is 26.1 Å². The van der Waals surface area contributed by atoms with Crippen molar-refractivity contribution in [2.75, 3.05) is 10.6 Å². The van der Waals surface area contributed by atoms with Crippen molar-refractivity contribution in [2.45, 2.75) is 60.0 Å². The van der Waals surface area contributed by atoms with Gasteiger partial charge in [0.2, 0.25) is 10.0 Å². The molecule has 0 atom stereocenters. The van der Waals surface area contributed by atoms with Gasteiger partial charge in [-0.15, -0.1) is 0 Å². The van der Waals surface area contributed by atoms with Gasteiger partial charge in [0.25, 0.3) is 5.91 Å². The number of nitrogens with zero attached hydrogens (tertiary/aromatic N) is 1. The summed E-state index contributed by atoms with van der Waals surface area (Å²) < 4.78 is 26.2. The van der Waals surface area contributed by atoms with Crippen LogP contribution in [0.5, 0.6) is 0 Å². The number of hydrogen-bond donors (Lipinski definition) is 1. The van der Waals surface area contributed by atoms with Crippen molar-refractivity contribution < 1.29 is 13.2 Å². The molecule has 0 aromatic heterocycles. The van der Waals surface area contributed by atoms with Crippen LogP contribution in [-0.4, -0.2) is 26.1 Å². The van der Waals surface area contributed by atoms with Gasteiger partial charge in [-0.05, 0) is 61.9 Å². The maximum absolute atomic E-state index is 12.7. The number of rotatable bonds is 7. The van der Waals surface area contributed by atoms with Gasteiger partial charge in [0, 0.05) is 11.1 Å². The second-order valence-corrected chi connectivity index (χ2v) is 11.7. The van der Waals surface area contributed by atoms with Crippen LogP contribution in [-0.2, 0) is 16.6 Å². The Balaban J connectivity index is 2.18. The lowest BCUT2D eigenvalue weighted by atomic mass is 9.81. The summed E-state index contributed by atoms with van der Waals surface area (Å²) in [6.45, 7) is 12.6. The highest BCUT2D eigenvalue weighted by atomic mass is 32.2. The molecule has 5 nitrogen and oxygen atoms in total. The third-order valence-corrected chi connectivity index (χ3v) is 5.88. The van der Waals surface area contributed by atoms with E-state index in [4.69, 9.17) is 0 Å². The van der Waals surface area contributed by atoms with Crippen molar-refractivity contribution in [1.82, 2.24) is 5.32 Å². The number of amides is 1. The van der Waals surface area contributed by atoms with E-state index in [-0.39, 0.29) is 23.4 Å². The van der Waals surface area contributed by atoms with Gasteiger partial charge >= 0.3 is 0 Å². The zero-order chi connectivity index (χ0) is 22.7. The number of anilines is 1. The predicted octanol–water partition coefficient (Wildman–Crippen LogP) is 4.91. The molecule has 0 saturated carbocycles. The molecule has 0 bridgehead atoms. The summed E-state index contributed by atoms with van der Waals surface area (Å²) >= 11 is 0. The first-order valence-corrected chi connectivity index (χ1v) is 12.0. The fraction of sp³-hybridized carbons (Fsp3) is 0.458. The number of benzene rings is 2. The van der Waals surface area contributed by atoms with E-state index in [1.165, 1.54) is 10.6 Å². The number of sulfonamides is 1. The van der Waals surface area contributed by atoms with Gasteiger partial charge in [-0.25, -0.2) is 8.42 Å². The van der Waals surface area contributed by atoms with Gasteiger partial charge in [0.15, 0.2) is 0 Å². The minimum Gasteiger partial charge on any atom is -0.347 e. The molecule has 0 heterocycles. The summed E-state index contributed by atoms with van der Waals surface area (Å²) in [7, 11) is -3.45. The van der Waals surface area contributed by atoms with Crippen molar-refractivity contribution in [3.8, 4) is 0 Å². The maximum Gasteiger partial charge on any atom is 0.251 e. The monoisotopic (exact) mass is 430 g/mol. The highest BCUT2D eigenvalue weighted by molar-refractivity contribution is 7.92. The van der Waals surface area contributed by atoms with E-state index in [0.29, 0.717) is 11.3 Å². The Morgan fingerprint density at radius 2 is 1.53 bits per heavy atom. The smallest absolute Gasteiger partial charge is 0.251 e. The Labute approximate surface area is 181 Å². The molecule has 0 aliphatic carbocycles. The Bertz CT molecular complexity index is 988. The number of aryl methyl sites for hydroxylation is 1. The molecular formula is C24H34N2O3S. The Morgan fingerprint density at radius 1 is 0.967 bits per heavy atom. The standard InChI is InChI=1S/C24H34N2O3S/c1-18-10-8-9-11-21(18)26(30(7,28)29)16-19-12-14-20(15-13-19)22(27)25-24(5,6)17-23(2,3)4/h8-15H,16-17H2,1-7H3,(H,25,27). The predicted molar refractivity (Wildman–Crippen MR) is 124 cm³/mol. The minimum atomic E-state index is -3.45. The molecule has 0 aliphatic rings. The number of para-hydroxylation sites is 1. The fourth-order valence-corrected chi connectivity index (χ4v) is 4.85. The number of nitrogens with one attached hydrogen (secondary N) is 1. The van der Waals surface area contributed by atoms with E-state index >= 15 is 0 Å². The van der Waals surface area contributed by atoms with Crippen LogP contribution in [0.25, 0.3) is 0 Å². The van der Waals surface area contributed by atoms with Crippen LogP contribution in [0.15, 0.2) is 48.5 Å². The summed E-state index contributed by atoms with van der Waals surface area (Å²) in [5.41, 5.74) is 2.69. The largest absolute Gasteiger partial charge is 0.347 e. The third kappa shape index (κ3) is 6.87. The molecule has 0 unspecified atom stereocenters. The Kier molecular flexibility index (Phi) is 7.02. The van der Waals surface area contributed by atoms with Crippen LogP contribution in [0.4, 0.5) is 5.69 Å². The van der Waals surface area contributed by atoms with E-state index in [9.17, 15) is 13.2 Å². The average molecular weight is 431 g/mol. The lowest BCUT2D eigenvalue weighted by Crippen LogP contribution is -2.45. The van der Waals surface area contributed by atoms with Crippen LogP contribution in [0, 0.1) is 12.3 Å². The van der Waals surface area contributed by atoms with E-state index in [1.807, 2.05) is 51.1 Å². The minimum absolute atomic E-state index is 0.102. The van der Waals surface area contributed by atoms with Crippen LogP contribution in [0.2, 0.25) is 0 Å². The molecule has 1 amide bonds. The van der Waals surface area contributed by atoms with Crippen LogP contribution in [0.3, 0.4) is 0 Å². The Morgan fingerprint density at radius 3 is 2.03 bits per heavy atom. The zero-order valence-electron chi connectivity index (χ0n) is 19.1. The van der Waals surface area contributed by atoms with Crippen LogP contribution < -0.4 is 9.62 Å². The van der Waals surface area contributed by atoms with Crippen molar-refractivity contribution in [2.24, 2.45) is 5.41 Å². The molecule has 2 rings (SSSR count). The lowest BCUT2D eigenvalue weighted by molar-refractivity contribution is 0.0891. The molecule has 0 aliphatic heterocycles. The highest BCUT2D eigenvalue weighted by Gasteiger charge is 2.27. The highest BCUT2D eigenvalue weighted by Crippen LogP contribution is 2.27. The molecular weight excluding hydrogens is 396 g/mol. The molecule has 2 aromatic carbocycles. The van der Waals surface area contributed by atoms with Gasteiger partial charge in [0.05, 0.1) is 18.5 Å². The molecule has 0 radical (unpaired) electrons. The van der Waals surface area contributed by atoms with Crippen molar-refractivity contribution in [3.63, 3.8) is 0 Å². The van der Waals surface area contributed by atoms with Gasteiger partial charge in [-0.1, -0.05) is 51.1 Å². The lowest BCUT2D eigenvalue weighted by Gasteiger charge is -2.33. The second-order valence-electron chi connectivity index (χ2n) is 9.83. The van der Waals surface area contributed by atoms with E-state index in [1.54, 1.807) is 18.2 Å². The molecule has 2 aromatic rings. The molecule has 1 N–H and O–H groups in total. The summed E-state index contributed by atoms with van der Waals surface area (Å²) in [4.78, 5) is 12.7. The van der Waals surface area contributed by atoms with E-state index < -0.39 is 10.0 Å². The molecule has 0 spiro atoms. The first-order chi connectivity index (χ1) is 13.7. The average Bonchev–Trinajstić information content (AvgIpc) is 2.57. The van der Waals surface area contributed by atoms with Gasteiger partial charge < -0.3 is 5.32 Å². The topological polar surface area (TPSA) is 66.5 Å². The number of hydrogen-bond acceptors (Lipinski definition) is 3. The fourth-order valence-electron chi connectivity index (χ4n) is 3.90. The first kappa shape index (κ1) is 23.9. The summed E-state index contributed by atoms with van der Waals surface area (Å²) in [6.07, 6.45) is 2.06. The third-order valence-electron chi connectivity index (χ3n) is 4.75.